The van der Waals surface area contributed by atoms with E-state index in [9.17, 15) is 0 Å². The van der Waals surface area contributed by atoms with Gasteiger partial charge in [0.1, 0.15) is 0 Å². The van der Waals surface area contributed by atoms with Gasteiger partial charge in [0.25, 0.3) is 0 Å². The summed E-state index contributed by atoms with van der Waals surface area (Å²) in [5, 5.41) is 0. The summed E-state index contributed by atoms with van der Waals surface area (Å²) in [5.74, 6) is 0.631. The number of likely N-dealkylation sites (tertiary alicyclic amines) is 1. The van der Waals surface area contributed by atoms with E-state index in [1.165, 1.54) is 63.6 Å². The molecule has 0 spiro atoms. The van der Waals surface area contributed by atoms with Crippen molar-refractivity contribution in [3.63, 3.8) is 0 Å². The minimum atomic E-state index is -0.155. The lowest BCUT2D eigenvalue weighted by atomic mass is 9.71. The van der Waals surface area contributed by atoms with Crippen LogP contribution in [0.1, 0.15) is 69.8 Å². The molecule has 1 saturated carbocycles. The average Bonchev–Trinajstić information content (AvgIpc) is 3.15. The average molecular weight is 380 g/mol. The molecule has 2 unspecified atom stereocenters. The van der Waals surface area contributed by atoms with Gasteiger partial charge in [0, 0.05) is 6.54 Å². The van der Waals surface area contributed by atoms with Crippen LogP contribution in [-0.2, 0) is 10.3 Å². The first-order valence-electron chi connectivity index (χ1n) is 11.6. The molecule has 2 atom stereocenters. The van der Waals surface area contributed by atoms with Crippen LogP contribution in [0.25, 0.3) is 0 Å². The first-order chi connectivity index (χ1) is 13.9. The fourth-order valence-corrected chi connectivity index (χ4v) is 5.50. The van der Waals surface area contributed by atoms with Gasteiger partial charge in [-0.1, -0.05) is 73.9 Å². The van der Waals surface area contributed by atoms with Crippen molar-refractivity contribution in [3.05, 3.63) is 60.2 Å². The van der Waals surface area contributed by atoms with E-state index in [4.69, 9.17) is 4.74 Å². The summed E-state index contributed by atoms with van der Waals surface area (Å²) in [6.45, 7) is 3.70. The second-order valence-corrected chi connectivity index (χ2v) is 8.92. The first-order valence-corrected chi connectivity index (χ1v) is 11.6. The molecule has 28 heavy (non-hydrogen) atoms. The molecule has 1 aromatic carbocycles. The van der Waals surface area contributed by atoms with Crippen LogP contribution >= 0.6 is 0 Å². The van der Waals surface area contributed by atoms with E-state index in [-0.39, 0.29) is 11.7 Å². The molecule has 0 amide bonds. The molecule has 1 saturated heterocycles. The number of hydrogen-bond acceptors (Lipinski definition) is 2. The monoisotopic (exact) mass is 379 g/mol. The third-order valence-electron chi connectivity index (χ3n) is 7.04. The lowest BCUT2D eigenvalue weighted by Crippen LogP contribution is -2.44. The topological polar surface area (TPSA) is 12.5 Å². The maximum absolute atomic E-state index is 7.18. The SMILES string of the molecule is C1=CCC(OC(CCN2CCCC2)(c2ccccc2)C2CCCCC2)C=CC1. The summed E-state index contributed by atoms with van der Waals surface area (Å²) < 4.78 is 7.18. The van der Waals surface area contributed by atoms with Crippen molar-refractivity contribution in [2.45, 2.75) is 75.9 Å². The summed E-state index contributed by atoms with van der Waals surface area (Å²) in [7, 11) is 0. The van der Waals surface area contributed by atoms with Crippen molar-refractivity contribution in [1.29, 1.82) is 0 Å². The largest absolute Gasteiger partial charge is 0.362 e. The van der Waals surface area contributed by atoms with Gasteiger partial charge >= 0.3 is 0 Å². The van der Waals surface area contributed by atoms with E-state index >= 15 is 0 Å². The van der Waals surface area contributed by atoms with Gasteiger partial charge in [-0.25, -0.2) is 0 Å². The van der Waals surface area contributed by atoms with Crippen molar-refractivity contribution in [1.82, 2.24) is 4.90 Å². The Morgan fingerprint density at radius 1 is 0.893 bits per heavy atom. The Kier molecular flexibility index (Phi) is 7.04. The van der Waals surface area contributed by atoms with Crippen molar-refractivity contribution >= 4 is 0 Å². The second-order valence-electron chi connectivity index (χ2n) is 8.92. The summed E-state index contributed by atoms with van der Waals surface area (Å²) in [5.41, 5.74) is 1.25. The smallest absolute Gasteiger partial charge is 0.0979 e. The van der Waals surface area contributed by atoms with E-state index in [0.29, 0.717) is 5.92 Å². The maximum Gasteiger partial charge on any atom is 0.0979 e. The van der Waals surface area contributed by atoms with Crippen molar-refractivity contribution < 1.29 is 4.74 Å². The molecule has 0 N–H and O–H groups in total. The fraction of sp³-hybridized carbons (Fsp3) is 0.615. The number of rotatable bonds is 7. The molecule has 0 aromatic heterocycles. The molecule has 2 aliphatic carbocycles. The van der Waals surface area contributed by atoms with Crippen LogP contribution in [0, 0.1) is 5.92 Å². The highest BCUT2D eigenvalue weighted by Gasteiger charge is 2.43. The van der Waals surface area contributed by atoms with Crippen LogP contribution in [0.4, 0.5) is 0 Å². The Morgan fingerprint density at radius 2 is 1.68 bits per heavy atom. The van der Waals surface area contributed by atoms with Crippen LogP contribution in [0.15, 0.2) is 54.6 Å². The van der Waals surface area contributed by atoms with Gasteiger partial charge in [0.15, 0.2) is 0 Å². The van der Waals surface area contributed by atoms with Crippen LogP contribution in [-0.4, -0.2) is 30.6 Å². The summed E-state index contributed by atoms with van der Waals surface area (Å²) in [6, 6.07) is 11.2. The minimum absolute atomic E-state index is 0.155. The number of nitrogens with zero attached hydrogens (tertiary/aromatic N) is 1. The highest BCUT2D eigenvalue weighted by Crippen LogP contribution is 2.46. The molecule has 2 fully saturated rings. The number of allylic oxidation sites excluding steroid dienone is 2. The predicted molar refractivity (Wildman–Crippen MR) is 117 cm³/mol. The molecule has 1 aliphatic heterocycles. The van der Waals surface area contributed by atoms with E-state index in [2.05, 4.69) is 59.5 Å². The Hall–Kier alpha value is -1.38. The lowest BCUT2D eigenvalue weighted by molar-refractivity contribution is -0.134. The van der Waals surface area contributed by atoms with Gasteiger partial charge in [0.05, 0.1) is 11.7 Å². The third kappa shape index (κ3) is 4.78. The van der Waals surface area contributed by atoms with Crippen LogP contribution in [0.2, 0.25) is 0 Å². The second kappa shape index (κ2) is 9.89. The minimum Gasteiger partial charge on any atom is -0.362 e. The van der Waals surface area contributed by atoms with E-state index in [1.54, 1.807) is 0 Å². The third-order valence-corrected chi connectivity index (χ3v) is 7.04. The molecule has 4 rings (SSSR count). The molecule has 1 heterocycles. The quantitative estimate of drug-likeness (QED) is 0.520. The Balaban J connectivity index is 1.65. The van der Waals surface area contributed by atoms with Gasteiger partial charge in [0.2, 0.25) is 0 Å². The van der Waals surface area contributed by atoms with E-state index < -0.39 is 0 Å². The fourth-order valence-electron chi connectivity index (χ4n) is 5.50. The van der Waals surface area contributed by atoms with Crippen LogP contribution in [0.5, 0.6) is 0 Å². The van der Waals surface area contributed by atoms with Gasteiger partial charge in [-0.15, -0.1) is 0 Å². The first kappa shape index (κ1) is 19.9. The Bertz CT molecular complexity index is 640. The van der Waals surface area contributed by atoms with Crippen molar-refractivity contribution in [2.75, 3.05) is 19.6 Å². The molecule has 1 aromatic rings. The lowest BCUT2D eigenvalue weighted by Gasteiger charge is -2.45. The summed E-state index contributed by atoms with van der Waals surface area (Å²) >= 11 is 0. The molecule has 0 bridgehead atoms. The molecule has 2 nitrogen and oxygen atoms in total. The molecule has 152 valence electrons. The van der Waals surface area contributed by atoms with E-state index in [0.717, 1.165) is 25.8 Å². The zero-order chi connectivity index (χ0) is 19.1. The number of benzene rings is 1. The van der Waals surface area contributed by atoms with Gasteiger partial charge in [-0.05, 0) is 69.5 Å². The zero-order valence-electron chi connectivity index (χ0n) is 17.4. The molecule has 3 aliphatic rings. The van der Waals surface area contributed by atoms with Crippen LogP contribution < -0.4 is 0 Å². The van der Waals surface area contributed by atoms with Gasteiger partial charge < -0.3 is 9.64 Å². The van der Waals surface area contributed by atoms with E-state index in [1.807, 2.05) is 0 Å². The highest BCUT2D eigenvalue weighted by molar-refractivity contribution is 5.25. The highest BCUT2D eigenvalue weighted by atomic mass is 16.5. The van der Waals surface area contributed by atoms with Crippen molar-refractivity contribution in [2.24, 2.45) is 5.92 Å². The van der Waals surface area contributed by atoms with Crippen LogP contribution in [0.3, 0.4) is 0 Å². The molecular weight excluding hydrogens is 342 g/mol. The normalized spacial score (nSPS) is 26.2. The number of ether oxygens (including phenoxy) is 1. The standard InChI is InChI=1S/C26H37NO/c1-2-10-18-25(17-9-1)28-26(23-13-5-3-6-14-23,24-15-7-4-8-16-24)19-22-27-20-11-12-21-27/h1,3,5-6,9-10,13-14,18,24-25H,2,4,7-8,11-12,15-17,19-22H2. The van der Waals surface area contributed by atoms with Crippen molar-refractivity contribution in [3.8, 4) is 0 Å². The molecule has 2 heteroatoms. The Labute approximate surface area is 171 Å². The van der Waals surface area contributed by atoms with Gasteiger partial charge in [-0.2, -0.15) is 0 Å². The summed E-state index contributed by atoms with van der Waals surface area (Å²) in [6.07, 6.45) is 22.0. The Morgan fingerprint density at radius 3 is 2.46 bits per heavy atom. The molecule has 0 radical (unpaired) electrons. The zero-order valence-corrected chi connectivity index (χ0v) is 17.4. The molecular formula is C26H37NO. The summed E-state index contributed by atoms with van der Waals surface area (Å²) in [4.78, 5) is 2.66. The predicted octanol–water partition coefficient (Wildman–Crippen LogP) is 6.24. The maximum atomic E-state index is 7.18. The van der Waals surface area contributed by atoms with Gasteiger partial charge in [-0.3, -0.25) is 0 Å². The number of hydrogen-bond donors (Lipinski definition) is 0.